The van der Waals surface area contributed by atoms with Gasteiger partial charge in [-0.2, -0.15) is 0 Å². The predicted octanol–water partition coefficient (Wildman–Crippen LogP) is 5.02. The van der Waals surface area contributed by atoms with E-state index in [1.54, 1.807) is 18.5 Å². The molecular formula is C25H24N4O2S. The van der Waals surface area contributed by atoms with E-state index in [1.807, 2.05) is 53.4 Å². The van der Waals surface area contributed by atoms with Crippen molar-refractivity contribution in [1.82, 2.24) is 14.9 Å². The summed E-state index contributed by atoms with van der Waals surface area (Å²) in [6, 6.07) is 18.9. The highest BCUT2D eigenvalue weighted by atomic mass is 32.1. The fourth-order valence-corrected chi connectivity index (χ4v) is 4.87. The molecule has 2 N–H and O–H groups in total. The highest BCUT2D eigenvalue weighted by molar-refractivity contribution is 7.80. The molecule has 1 aliphatic heterocycles. The topological polar surface area (TPSA) is 66.5 Å². The molecule has 7 heteroatoms. The third kappa shape index (κ3) is 3.44. The molecule has 2 unspecified atom stereocenters. The number of aromatic hydroxyl groups is 1. The first-order valence-corrected chi connectivity index (χ1v) is 10.9. The molecule has 2 atom stereocenters. The fourth-order valence-electron chi connectivity index (χ4n) is 4.53. The Balaban J connectivity index is 1.65. The Kier molecular flexibility index (Phi) is 5.19. The molecule has 4 aromatic rings. The second-order valence-corrected chi connectivity index (χ2v) is 8.36. The summed E-state index contributed by atoms with van der Waals surface area (Å²) in [5.41, 5.74) is 4.94. The summed E-state index contributed by atoms with van der Waals surface area (Å²) in [4.78, 5) is 6.61. The van der Waals surface area contributed by atoms with E-state index in [1.165, 1.54) is 0 Å². The molecule has 0 radical (unpaired) electrons. The van der Waals surface area contributed by atoms with E-state index in [-0.39, 0.29) is 17.8 Å². The zero-order valence-electron chi connectivity index (χ0n) is 17.9. The number of para-hydroxylation sites is 2. The van der Waals surface area contributed by atoms with Crippen LogP contribution in [-0.2, 0) is 6.54 Å². The van der Waals surface area contributed by atoms with Gasteiger partial charge >= 0.3 is 0 Å². The molecule has 0 saturated carbocycles. The Morgan fingerprint density at radius 2 is 1.91 bits per heavy atom. The van der Waals surface area contributed by atoms with E-state index >= 15 is 0 Å². The number of phenols is 1. The van der Waals surface area contributed by atoms with Gasteiger partial charge in [0.05, 0.1) is 36.3 Å². The van der Waals surface area contributed by atoms with Crippen LogP contribution in [0.4, 0.5) is 5.69 Å². The quantitative estimate of drug-likeness (QED) is 0.421. The van der Waals surface area contributed by atoms with Crippen LogP contribution in [-0.4, -0.2) is 19.8 Å². The van der Waals surface area contributed by atoms with Gasteiger partial charge in [0.25, 0.3) is 0 Å². The summed E-state index contributed by atoms with van der Waals surface area (Å²) < 4.78 is 7.83. The number of pyridine rings is 1. The number of nitrogens with one attached hydrogen (secondary N) is 1. The summed E-state index contributed by atoms with van der Waals surface area (Å²) in [7, 11) is 0. The minimum atomic E-state index is -0.178. The molecule has 6 nitrogen and oxygen atoms in total. The highest BCUT2D eigenvalue weighted by Crippen LogP contribution is 2.45. The van der Waals surface area contributed by atoms with Crippen molar-refractivity contribution in [3.63, 3.8) is 0 Å². The van der Waals surface area contributed by atoms with Gasteiger partial charge in [-0.15, -0.1) is 0 Å². The van der Waals surface area contributed by atoms with Crippen molar-refractivity contribution in [2.75, 3.05) is 4.90 Å². The van der Waals surface area contributed by atoms with E-state index < -0.39 is 0 Å². The van der Waals surface area contributed by atoms with Gasteiger partial charge in [0.1, 0.15) is 11.5 Å². The first-order valence-electron chi connectivity index (χ1n) is 10.5. The fraction of sp³-hybridized carbons (Fsp3) is 0.200. The summed E-state index contributed by atoms with van der Waals surface area (Å²) >= 11 is 5.77. The van der Waals surface area contributed by atoms with Gasteiger partial charge in [-0.3, -0.25) is 4.98 Å². The summed E-state index contributed by atoms with van der Waals surface area (Å²) in [5, 5.41) is 14.7. The number of thiocarbonyl (C=S) groups is 1. The number of aromatic nitrogens is 2. The van der Waals surface area contributed by atoms with Crippen LogP contribution >= 0.6 is 12.2 Å². The molecule has 4 heterocycles. The zero-order chi connectivity index (χ0) is 22.2. The van der Waals surface area contributed by atoms with Crippen molar-refractivity contribution >= 4 is 23.0 Å². The number of anilines is 1. The monoisotopic (exact) mass is 444 g/mol. The molecule has 0 spiro atoms. The molecule has 0 amide bonds. The molecule has 32 heavy (non-hydrogen) atoms. The van der Waals surface area contributed by atoms with Crippen LogP contribution in [0, 0.1) is 13.8 Å². The van der Waals surface area contributed by atoms with E-state index in [9.17, 15) is 5.11 Å². The molecule has 0 bridgehead atoms. The van der Waals surface area contributed by atoms with Gasteiger partial charge in [0, 0.05) is 17.6 Å². The Hall–Kier alpha value is -3.58. The normalized spacial score (nSPS) is 18.2. The van der Waals surface area contributed by atoms with E-state index in [0.29, 0.717) is 17.3 Å². The van der Waals surface area contributed by atoms with Crippen LogP contribution in [0.15, 0.2) is 77.5 Å². The lowest BCUT2D eigenvalue weighted by Gasteiger charge is -2.28. The van der Waals surface area contributed by atoms with Crippen molar-refractivity contribution in [3.8, 4) is 5.75 Å². The smallest absolute Gasteiger partial charge is 0.174 e. The van der Waals surface area contributed by atoms with Crippen LogP contribution < -0.4 is 10.2 Å². The number of phenolic OH excluding ortho intramolecular Hbond substituents is 1. The molecule has 5 rings (SSSR count). The average molecular weight is 445 g/mol. The molecule has 162 valence electrons. The van der Waals surface area contributed by atoms with Crippen molar-refractivity contribution in [2.24, 2.45) is 0 Å². The molecule has 1 aliphatic rings. The van der Waals surface area contributed by atoms with Crippen LogP contribution in [0.25, 0.3) is 0 Å². The van der Waals surface area contributed by atoms with E-state index in [2.05, 4.69) is 34.8 Å². The number of hydrogen-bond donors (Lipinski definition) is 2. The SMILES string of the molecule is Cc1cc(C2C(c3ccccn3)NC(=S)N2c2ccccc2O)c(C)n1Cc1ccco1. The van der Waals surface area contributed by atoms with Crippen molar-refractivity contribution < 1.29 is 9.52 Å². The van der Waals surface area contributed by atoms with Crippen molar-refractivity contribution in [1.29, 1.82) is 0 Å². The van der Waals surface area contributed by atoms with E-state index in [0.717, 1.165) is 28.4 Å². The molecule has 1 aromatic carbocycles. The maximum absolute atomic E-state index is 10.6. The second-order valence-electron chi connectivity index (χ2n) is 7.98. The highest BCUT2D eigenvalue weighted by Gasteiger charge is 2.43. The summed E-state index contributed by atoms with van der Waals surface area (Å²) in [6.07, 6.45) is 3.49. The van der Waals surface area contributed by atoms with Gasteiger partial charge in [-0.1, -0.05) is 18.2 Å². The molecule has 1 fully saturated rings. The first-order chi connectivity index (χ1) is 15.5. The lowest BCUT2D eigenvalue weighted by Crippen LogP contribution is -2.29. The first kappa shape index (κ1) is 20.3. The van der Waals surface area contributed by atoms with Crippen LogP contribution in [0.5, 0.6) is 5.75 Å². The van der Waals surface area contributed by atoms with Gasteiger partial charge in [0.15, 0.2) is 5.11 Å². The van der Waals surface area contributed by atoms with Crippen LogP contribution in [0.3, 0.4) is 0 Å². The Labute approximate surface area is 192 Å². The molecular weight excluding hydrogens is 420 g/mol. The number of benzene rings is 1. The average Bonchev–Trinajstić information content (AvgIpc) is 3.50. The van der Waals surface area contributed by atoms with Gasteiger partial charge in [-0.25, -0.2) is 0 Å². The van der Waals surface area contributed by atoms with Gasteiger partial charge in [-0.05, 0) is 74.1 Å². The Bertz CT molecular complexity index is 1250. The number of nitrogens with zero attached hydrogens (tertiary/aromatic N) is 3. The van der Waals surface area contributed by atoms with Crippen molar-refractivity contribution in [3.05, 3.63) is 102 Å². The summed E-state index contributed by atoms with van der Waals surface area (Å²) in [6.45, 7) is 4.87. The number of aryl methyl sites for hydroxylation is 1. The molecule has 3 aromatic heterocycles. The third-order valence-corrected chi connectivity index (χ3v) is 6.38. The number of furan rings is 1. The maximum atomic E-state index is 10.6. The maximum Gasteiger partial charge on any atom is 0.174 e. The largest absolute Gasteiger partial charge is 0.506 e. The minimum Gasteiger partial charge on any atom is -0.506 e. The molecule has 0 aliphatic carbocycles. The standard InChI is InChI=1S/C25H24N4O2S/c1-16-14-19(17(2)28(16)15-18-8-7-13-31-18)24-23(20-9-5-6-12-26-20)27-25(32)29(24)21-10-3-4-11-22(21)30/h3-14,23-24,30H,15H2,1-2H3,(H,27,32). The minimum absolute atomic E-state index is 0.166. The summed E-state index contributed by atoms with van der Waals surface area (Å²) in [5.74, 6) is 1.09. The lowest BCUT2D eigenvalue weighted by molar-refractivity contribution is 0.472. The van der Waals surface area contributed by atoms with Crippen LogP contribution in [0.2, 0.25) is 0 Å². The van der Waals surface area contributed by atoms with Gasteiger partial charge < -0.3 is 24.3 Å². The number of rotatable bonds is 5. The number of hydrogen-bond acceptors (Lipinski definition) is 4. The third-order valence-electron chi connectivity index (χ3n) is 6.06. The second kappa shape index (κ2) is 8.16. The van der Waals surface area contributed by atoms with Gasteiger partial charge in [0.2, 0.25) is 0 Å². The Morgan fingerprint density at radius 1 is 1.09 bits per heavy atom. The Morgan fingerprint density at radius 3 is 2.62 bits per heavy atom. The molecule has 1 saturated heterocycles. The lowest BCUT2D eigenvalue weighted by atomic mass is 9.96. The van der Waals surface area contributed by atoms with E-state index in [4.69, 9.17) is 16.6 Å². The predicted molar refractivity (Wildman–Crippen MR) is 128 cm³/mol. The zero-order valence-corrected chi connectivity index (χ0v) is 18.7. The van der Waals surface area contributed by atoms with Crippen molar-refractivity contribution in [2.45, 2.75) is 32.5 Å². The van der Waals surface area contributed by atoms with Crippen LogP contribution in [0.1, 0.15) is 40.5 Å².